The summed E-state index contributed by atoms with van der Waals surface area (Å²) in [4.78, 5) is 12.6. The Kier molecular flexibility index (Phi) is 7.21. The molecule has 0 radical (unpaired) electrons. The van der Waals surface area contributed by atoms with E-state index in [4.69, 9.17) is 10.00 Å². The quantitative estimate of drug-likeness (QED) is 0.502. The number of halogens is 1. The normalized spacial score (nSPS) is 11.6. The van der Waals surface area contributed by atoms with Crippen molar-refractivity contribution in [2.45, 2.75) is 6.04 Å². The van der Waals surface area contributed by atoms with Crippen LogP contribution in [0.3, 0.4) is 0 Å². The second-order valence-corrected chi connectivity index (χ2v) is 7.17. The molecule has 3 aromatic rings. The molecule has 4 nitrogen and oxygen atoms in total. The highest BCUT2D eigenvalue weighted by molar-refractivity contribution is 9.10. The molecule has 1 amide bonds. The highest BCUT2D eigenvalue weighted by Crippen LogP contribution is 2.23. The Hall–Kier alpha value is -3.36. The molecule has 0 spiro atoms. The van der Waals surface area contributed by atoms with Crippen LogP contribution in [0.5, 0.6) is 5.75 Å². The number of carbonyl (C=O) groups is 1. The van der Waals surface area contributed by atoms with Gasteiger partial charge in [-0.3, -0.25) is 4.79 Å². The van der Waals surface area contributed by atoms with Crippen LogP contribution < -0.4 is 10.1 Å². The van der Waals surface area contributed by atoms with Crippen LogP contribution in [-0.4, -0.2) is 12.5 Å². The van der Waals surface area contributed by atoms with Crippen molar-refractivity contribution in [3.8, 4) is 11.8 Å². The minimum absolute atomic E-state index is 0.00846. The summed E-state index contributed by atoms with van der Waals surface area (Å²) in [6, 6.07) is 26.6. The largest absolute Gasteiger partial charge is 0.479 e. The van der Waals surface area contributed by atoms with Crippen LogP contribution in [0.15, 0.2) is 89.4 Å². The predicted molar refractivity (Wildman–Crippen MR) is 117 cm³/mol. The number of carbonyl (C=O) groups excluding carboxylic acids is 1. The summed E-state index contributed by atoms with van der Waals surface area (Å²) >= 11 is 3.45. The number of nitriles is 1. The number of ether oxygens (including phenoxy) is 1. The monoisotopic (exact) mass is 446 g/mol. The second-order valence-electron chi connectivity index (χ2n) is 6.25. The molecule has 0 fully saturated rings. The number of hydrogen-bond donors (Lipinski definition) is 1. The fourth-order valence-corrected chi connectivity index (χ4v) is 3.08. The summed E-state index contributed by atoms with van der Waals surface area (Å²) in [5, 5.41) is 11.6. The molecule has 1 atom stereocenters. The van der Waals surface area contributed by atoms with E-state index in [-0.39, 0.29) is 18.6 Å². The minimum atomic E-state index is -0.247. The molecule has 3 aromatic carbocycles. The summed E-state index contributed by atoms with van der Waals surface area (Å²) in [5.74, 6) is 0.430. The summed E-state index contributed by atoms with van der Waals surface area (Å²) in [5.41, 5.74) is 2.88. The number of amides is 1. The van der Waals surface area contributed by atoms with Crippen molar-refractivity contribution in [3.05, 3.63) is 106 Å². The fourth-order valence-electron chi connectivity index (χ4n) is 2.81. The second kappa shape index (κ2) is 10.3. The van der Waals surface area contributed by atoms with Gasteiger partial charge in [0.25, 0.3) is 0 Å². The maximum atomic E-state index is 12.6. The highest BCUT2D eigenvalue weighted by Gasteiger charge is 2.15. The van der Waals surface area contributed by atoms with Gasteiger partial charge in [0, 0.05) is 10.5 Å². The Bertz CT molecular complexity index is 1010. The fraction of sp³-hybridized carbons (Fsp3) is 0.0833. The van der Waals surface area contributed by atoms with Crippen LogP contribution in [0.1, 0.15) is 22.7 Å². The maximum Gasteiger partial charge on any atom is 0.244 e. The van der Waals surface area contributed by atoms with Crippen LogP contribution in [0.2, 0.25) is 0 Å². The van der Waals surface area contributed by atoms with Gasteiger partial charge in [0.1, 0.15) is 11.8 Å². The van der Waals surface area contributed by atoms with Crippen molar-refractivity contribution in [1.29, 1.82) is 5.26 Å². The van der Waals surface area contributed by atoms with E-state index in [9.17, 15) is 4.79 Å². The molecule has 5 heteroatoms. The number of rotatable bonds is 7. The maximum absolute atomic E-state index is 12.6. The lowest BCUT2D eigenvalue weighted by atomic mass is 9.98. The topological polar surface area (TPSA) is 62.1 Å². The van der Waals surface area contributed by atoms with Crippen molar-refractivity contribution in [3.63, 3.8) is 0 Å². The summed E-state index contributed by atoms with van der Waals surface area (Å²) in [6.45, 7) is 0.00846. The van der Waals surface area contributed by atoms with Gasteiger partial charge in [0.2, 0.25) is 5.91 Å². The first-order valence-corrected chi connectivity index (χ1v) is 9.84. The van der Waals surface area contributed by atoms with Crippen molar-refractivity contribution in [2.24, 2.45) is 0 Å². The van der Waals surface area contributed by atoms with Gasteiger partial charge in [-0.2, -0.15) is 5.26 Å². The number of nitrogens with zero attached hydrogens (tertiary/aromatic N) is 1. The van der Waals surface area contributed by atoms with Gasteiger partial charge in [-0.1, -0.05) is 70.5 Å². The van der Waals surface area contributed by atoms with Crippen LogP contribution in [0.25, 0.3) is 6.08 Å². The van der Waals surface area contributed by atoms with Crippen LogP contribution >= 0.6 is 15.9 Å². The lowest BCUT2D eigenvalue weighted by molar-refractivity contribution is -0.116. The molecule has 0 heterocycles. The Morgan fingerprint density at radius 1 is 1.00 bits per heavy atom. The van der Waals surface area contributed by atoms with Gasteiger partial charge in [0.15, 0.2) is 6.61 Å². The van der Waals surface area contributed by atoms with E-state index in [0.29, 0.717) is 5.75 Å². The van der Waals surface area contributed by atoms with E-state index in [0.717, 1.165) is 21.2 Å². The Labute approximate surface area is 178 Å². The molecule has 3 rings (SSSR count). The molecule has 0 aliphatic rings. The van der Waals surface area contributed by atoms with Crippen LogP contribution in [0.4, 0.5) is 0 Å². The first-order valence-electron chi connectivity index (χ1n) is 9.04. The predicted octanol–water partition coefficient (Wildman–Crippen LogP) is 5.27. The van der Waals surface area contributed by atoms with Gasteiger partial charge in [-0.15, -0.1) is 0 Å². The zero-order chi connectivity index (χ0) is 20.5. The van der Waals surface area contributed by atoms with E-state index in [1.54, 1.807) is 18.2 Å². The third-order valence-corrected chi connectivity index (χ3v) is 4.76. The van der Waals surface area contributed by atoms with Crippen molar-refractivity contribution in [1.82, 2.24) is 5.32 Å². The lowest BCUT2D eigenvalue weighted by Gasteiger charge is -2.19. The number of benzene rings is 3. The smallest absolute Gasteiger partial charge is 0.244 e. The summed E-state index contributed by atoms with van der Waals surface area (Å²) in [7, 11) is 0. The summed E-state index contributed by atoms with van der Waals surface area (Å²) in [6.07, 6.45) is 3.26. The zero-order valence-corrected chi connectivity index (χ0v) is 17.2. The molecule has 1 unspecified atom stereocenters. The van der Waals surface area contributed by atoms with E-state index < -0.39 is 0 Å². The Morgan fingerprint density at radius 2 is 1.66 bits per heavy atom. The van der Waals surface area contributed by atoms with Gasteiger partial charge < -0.3 is 10.1 Å². The number of nitrogens with one attached hydrogen (secondary N) is 1. The SMILES string of the molecule is N#CCOc1ccc(/C=C/C(=O)NC(c2ccccc2)c2ccc(Br)cc2)cc1. The molecular weight excluding hydrogens is 428 g/mol. The molecule has 0 bridgehead atoms. The minimum Gasteiger partial charge on any atom is -0.479 e. The third-order valence-electron chi connectivity index (χ3n) is 4.23. The lowest BCUT2D eigenvalue weighted by Crippen LogP contribution is -2.27. The standard InChI is InChI=1S/C24H19BrN2O2/c25-21-11-9-20(10-12-21)24(19-4-2-1-3-5-19)27-23(28)15-8-18-6-13-22(14-7-18)29-17-16-26/h1-15,24H,17H2,(H,27,28)/b15-8+. The van der Waals surface area contributed by atoms with Crippen molar-refractivity contribution >= 4 is 27.9 Å². The van der Waals surface area contributed by atoms with E-state index in [2.05, 4.69) is 21.2 Å². The first-order chi connectivity index (χ1) is 14.2. The van der Waals surface area contributed by atoms with Crippen LogP contribution in [0, 0.1) is 11.3 Å². The van der Waals surface area contributed by atoms with E-state index in [1.807, 2.05) is 72.8 Å². The van der Waals surface area contributed by atoms with Gasteiger partial charge in [-0.25, -0.2) is 0 Å². The van der Waals surface area contributed by atoms with E-state index >= 15 is 0 Å². The molecule has 0 saturated heterocycles. The van der Waals surface area contributed by atoms with Crippen molar-refractivity contribution < 1.29 is 9.53 Å². The molecular formula is C24H19BrN2O2. The molecule has 144 valence electrons. The average Bonchev–Trinajstić information content (AvgIpc) is 2.76. The molecule has 0 aliphatic carbocycles. The van der Waals surface area contributed by atoms with Gasteiger partial charge >= 0.3 is 0 Å². The molecule has 0 aromatic heterocycles. The van der Waals surface area contributed by atoms with Gasteiger partial charge in [-0.05, 0) is 47.0 Å². The molecule has 0 aliphatic heterocycles. The highest BCUT2D eigenvalue weighted by atomic mass is 79.9. The van der Waals surface area contributed by atoms with E-state index in [1.165, 1.54) is 6.08 Å². The van der Waals surface area contributed by atoms with Gasteiger partial charge in [0.05, 0.1) is 6.04 Å². The number of hydrogen-bond acceptors (Lipinski definition) is 3. The third kappa shape index (κ3) is 6.06. The Balaban J connectivity index is 1.72. The molecule has 0 saturated carbocycles. The zero-order valence-electron chi connectivity index (χ0n) is 15.6. The summed E-state index contributed by atoms with van der Waals surface area (Å²) < 4.78 is 6.21. The Morgan fingerprint density at radius 3 is 2.31 bits per heavy atom. The van der Waals surface area contributed by atoms with Crippen molar-refractivity contribution in [2.75, 3.05) is 6.61 Å². The average molecular weight is 447 g/mol. The first kappa shape index (κ1) is 20.4. The molecule has 1 N–H and O–H groups in total. The van der Waals surface area contributed by atoms with Crippen LogP contribution in [-0.2, 0) is 4.79 Å². The molecule has 29 heavy (non-hydrogen) atoms.